The van der Waals surface area contributed by atoms with E-state index in [1.807, 2.05) is 0 Å². The number of halogens is 6. The summed E-state index contributed by atoms with van der Waals surface area (Å²) in [6, 6.07) is 0. The van der Waals surface area contributed by atoms with E-state index in [-0.39, 0.29) is 19.3 Å². The van der Waals surface area contributed by atoms with Crippen LogP contribution in [0.3, 0.4) is 0 Å². The highest BCUT2D eigenvalue weighted by Gasteiger charge is 2.59. The maximum Gasteiger partial charge on any atom is 0.417 e. The molecule has 0 bridgehead atoms. The summed E-state index contributed by atoms with van der Waals surface area (Å²) in [6.45, 7) is 6.14. The third-order valence-corrected chi connectivity index (χ3v) is 5.20. The Morgan fingerprint density at radius 3 is 1.68 bits per heavy atom. The summed E-state index contributed by atoms with van der Waals surface area (Å²) in [5.41, 5.74) is -5.12. The summed E-state index contributed by atoms with van der Waals surface area (Å²) in [5.74, 6) is -2.75. The number of aliphatic hydroxyl groups is 1. The molecule has 0 aromatic heterocycles. The van der Waals surface area contributed by atoms with E-state index in [2.05, 4.69) is 6.58 Å². The van der Waals surface area contributed by atoms with Gasteiger partial charge < -0.3 is 5.11 Å². The first kappa shape index (κ1) is 19.3. The lowest BCUT2D eigenvalue weighted by Crippen LogP contribution is -2.53. The second-order valence-electron chi connectivity index (χ2n) is 6.96. The van der Waals surface area contributed by atoms with Crippen molar-refractivity contribution in [2.75, 3.05) is 0 Å². The Balaban J connectivity index is 3.13. The molecule has 1 saturated carbocycles. The lowest BCUT2D eigenvalue weighted by Gasteiger charge is -2.47. The molecule has 4 atom stereocenters. The van der Waals surface area contributed by atoms with E-state index in [4.69, 9.17) is 0 Å². The first-order chi connectivity index (χ1) is 9.64. The molecule has 1 rings (SSSR count). The zero-order chi connectivity index (χ0) is 17.6. The van der Waals surface area contributed by atoms with Gasteiger partial charge in [0.15, 0.2) is 5.60 Å². The molecule has 0 saturated heterocycles. The van der Waals surface area contributed by atoms with Crippen LogP contribution in [-0.4, -0.2) is 23.1 Å². The van der Waals surface area contributed by atoms with E-state index in [0.717, 1.165) is 13.8 Å². The van der Waals surface area contributed by atoms with Crippen LogP contribution in [0.5, 0.6) is 0 Å². The predicted molar refractivity (Wildman–Crippen MR) is 71.0 cm³/mol. The lowest BCUT2D eigenvalue weighted by atomic mass is 9.61. The quantitative estimate of drug-likeness (QED) is 0.563. The number of allylic oxidation sites excluding steroid dienone is 1. The number of alkyl halides is 6. The van der Waals surface area contributed by atoms with Crippen LogP contribution in [0.15, 0.2) is 12.7 Å². The average molecular weight is 332 g/mol. The van der Waals surface area contributed by atoms with Gasteiger partial charge in [-0.1, -0.05) is 19.9 Å². The van der Waals surface area contributed by atoms with Gasteiger partial charge in [0, 0.05) is 0 Å². The normalized spacial score (nSPS) is 30.7. The molecule has 22 heavy (non-hydrogen) atoms. The molecule has 1 aliphatic carbocycles. The van der Waals surface area contributed by atoms with E-state index in [9.17, 15) is 31.4 Å². The van der Waals surface area contributed by atoms with E-state index in [1.165, 1.54) is 6.08 Å². The van der Waals surface area contributed by atoms with Gasteiger partial charge in [-0.15, -0.1) is 6.58 Å². The van der Waals surface area contributed by atoms with Crippen LogP contribution >= 0.6 is 0 Å². The minimum atomic E-state index is -4.88. The van der Waals surface area contributed by atoms with E-state index in [0.29, 0.717) is 6.92 Å². The molecule has 130 valence electrons. The fraction of sp³-hybridized carbons (Fsp3) is 0.867. The van der Waals surface area contributed by atoms with Crippen molar-refractivity contribution in [2.45, 2.75) is 58.0 Å². The van der Waals surface area contributed by atoms with Gasteiger partial charge in [0.25, 0.3) is 0 Å². The largest absolute Gasteiger partial charge is 0.417 e. The lowest BCUT2D eigenvalue weighted by molar-refractivity contribution is -0.284. The molecule has 0 amide bonds. The highest BCUT2D eigenvalue weighted by Crippen LogP contribution is 2.54. The molecule has 0 heterocycles. The first-order valence-corrected chi connectivity index (χ1v) is 7.13. The predicted octanol–water partition coefficient (Wildman–Crippen LogP) is 5.11. The second kappa shape index (κ2) is 5.73. The van der Waals surface area contributed by atoms with Gasteiger partial charge in [-0.3, -0.25) is 0 Å². The van der Waals surface area contributed by atoms with Crippen molar-refractivity contribution in [2.24, 2.45) is 23.2 Å². The summed E-state index contributed by atoms with van der Waals surface area (Å²) in [6.07, 6.45) is -8.22. The van der Waals surface area contributed by atoms with Gasteiger partial charge in [-0.2, -0.15) is 26.3 Å². The van der Waals surface area contributed by atoms with Gasteiger partial charge in [-0.05, 0) is 43.9 Å². The van der Waals surface area contributed by atoms with Crippen LogP contribution in [0, 0.1) is 23.2 Å². The van der Waals surface area contributed by atoms with Crippen molar-refractivity contribution in [3.05, 3.63) is 12.7 Å². The van der Waals surface area contributed by atoms with Crippen molar-refractivity contribution >= 4 is 0 Å². The molecule has 1 N–H and O–H groups in total. The Kier molecular flexibility index (Phi) is 5.03. The van der Waals surface area contributed by atoms with Gasteiger partial charge in [-0.25, -0.2) is 0 Å². The van der Waals surface area contributed by atoms with Crippen LogP contribution in [0.25, 0.3) is 0 Å². The summed E-state index contributed by atoms with van der Waals surface area (Å²) in [7, 11) is 0. The fourth-order valence-electron chi connectivity index (χ4n) is 3.07. The Morgan fingerprint density at radius 2 is 1.32 bits per heavy atom. The Labute approximate surface area is 126 Å². The number of hydrogen-bond acceptors (Lipinski definition) is 1. The van der Waals surface area contributed by atoms with E-state index >= 15 is 0 Å². The maximum atomic E-state index is 13.2. The smallest absolute Gasteiger partial charge is 0.380 e. The molecule has 4 unspecified atom stereocenters. The minimum Gasteiger partial charge on any atom is -0.380 e. The fourth-order valence-corrected chi connectivity index (χ4v) is 3.07. The SMILES string of the molecule is C=CC1CC(C(C)(C)C(F)(F)F)CC(C(C)(O)C(F)(F)F)C1. The standard InChI is InChI=1S/C15H22F6O/c1-5-9-6-10(12(2,3)14(16,17)18)8-11(7-9)13(4,22)15(19,20)21/h5,9-11,22H,1,6-8H2,2-4H3. The Bertz CT molecular complexity index is 373. The zero-order valence-corrected chi connectivity index (χ0v) is 12.9. The molecule has 1 nitrogen and oxygen atoms in total. The van der Waals surface area contributed by atoms with Crippen molar-refractivity contribution in [3.63, 3.8) is 0 Å². The first-order valence-electron chi connectivity index (χ1n) is 7.13. The zero-order valence-electron chi connectivity index (χ0n) is 12.9. The Hall–Kier alpha value is -0.720. The average Bonchev–Trinajstić information content (AvgIpc) is 2.35. The summed E-state index contributed by atoms with van der Waals surface area (Å²) >= 11 is 0. The molecule has 0 aromatic rings. The van der Waals surface area contributed by atoms with Gasteiger partial charge >= 0.3 is 12.4 Å². The van der Waals surface area contributed by atoms with Crippen LogP contribution in [0.1, 0.15) is 40.0 Å². The van der Waals surface area contributed by atoms with Crippen LogP contribution in [0.2, 0.25) is 0 Å². The maximum absolute atomic E-state index is 13.2. The monoisotopic (exact) mass is 332 g/mol. The summed E-state index contributed by atoms with van der Waals surface area (Å²) < 4.78 is 78.6. The molecule has 1 aliphatic rings. The molecule has 0 aromatic carbocycles. The highest BCUT2D eigenvalue weighted by molar-refractivity contribution is 5.01. The molecule has 0 aliphatic heterocycles. The van der Waals surface area contributed by atoms with E-state index in [1.54, 1.807) is 0 Å². The molecular weight excluding hydrogens is 310 g/mol. The van der Waals surface area contributed by atoms with Crippen molar-refractivity contribution in [1.29, 1.82) is 0 Å². The third kappa shape index (κ3) is 3.44. The van der Waals surface area contributed by atoms with Gasteiger partial charge in [0.05, 0.1) is 5.41 Å². The molecular formula is C15H22F6O. The second-order valence-corrected chi connectivity index (χ2v) is 6.96. The Morgan fingerprint density at radius 1 is 0.864 bits per heavy atom. The third-order valence-electron chi connectivity index (χ3n) is 5.20. The van der Waals surface area contributed by atoms with Crippen LogP contribution in [-0.2, 0) is 0 Å². The summed E-state index contributed by atoms with van der Waals surface area (Å²) in [5, 5.41) is 9.83. The van der Waals surface area contributed by atoms with Gasteiger partial charge in [0.2, 0.25) is 0 Å². The van der Waals surface area contributed by atoms with Crippen LogP contribution < -0.4 is 0 Å². The minimum absolute atomic E-state index is 0.0134. The number of rotatable bonds is 3. The van der Waals surface area contributed by atoms with Crippen molar-refractivity contribution in [1.82, 2.24) is 0 Å². The van der Waals surface area contributed by atoms with E-state index < -0.39 is 41.1 Å². The van der Waals surface area contributed by atoms with Crippen molar-refractivity contribution in [3.8, 4) is 0 Å². The highest BCUT2D eigenvalue weighted by atomic mass is 19.4. The van der Waals surface area contributed by atoms with Crippen molar-refractivity contribution < 1.29 is 31.4 Å². The molecule has 0 spiro atoms. The molecule has 1 fully saturated rings. The van der Waals surface area contributed by atoms with Crippen LogP contribution in [0.4, 0.5) is 26.3 Å². The topological polar surface area (TPSA) is 20.2 Å². The molecule has 0 radical (unpaired) electrons. The van der Waals surface area contributed by atoms with Gasteiger partial charge in [0.1, 0.15) is 0 Å². The summed E-state index contributed by atoms with van der Waals surface area (Å²) in [4.78, 5) is 0. The number of hydrogen-bond donors (Lipinski definition) is 1. The molecule has 7 heteroatoms.